The molecule has 2 N–H and O–H groups in total. The van der Waals surface area contributed by atoms with Gasteiger partial charge >= 0.3 is 5.97 Å². The summed E-state index contributed by atoms with van der Waals surface area (Å²) in [7, 11) is 1.70. The van der Waals surface area contributed by atoms with Crippen molar-refractivity contribution in [2.75, 3.05) is 17.7 Å². The molecule has 2 aromatic rings. The van der Waals surface area contributed by atoms with Gasteiger partial charge in [0, 0.05) is 17.8 Å². The lowest BCUT2D eigenvalue weighted by atomic mass is 10.2. The molecule has 1 atom stereocenters. The monoisotopic (exact) mass is 366 g/mol. The van der Waals surface area contributed by atoms with Crippen LogP contribution in [0.1, 0.15) is 17.3 Å². The Hall–Kier alpha value is -2.24. The summed E-state index contributed by atoms with van der Waals surface area (Å²) in [5.41, 5.74) is 1.37. The Kier molecular flexibility index (Phi) is 6.06. The number of halogens is 2. The van der Waals surface area contributed by atoms with Crippen LogP contribution in [-0.4, -0.2) is 25.0 Å². The molecule has 1 amide bonds. The van der Waals surface area contributed by atoms with E-state index < -0.39 is 18.0 Å². The number of carbonyl (C=O) groups excluding carboxylic acids is 2. The smallest absolute Gasteiger partial charge is 0.341 e. The third-order valence-electron chi connectivity index (χ3n) is 3.26. The molecule has 126 valence electrons. The molecule has 0 aliphatic carbocycles. The van der Waals surface area contributed by atoms with Crippen LogP contribution in [0.15, 0.2) is 42.5 Å². The van der Waals surface area contributed by atoms with Gasteiger partial charge in [0.15, 0.2) is 6.10 Å². The lowest BCUT2D eigenvalue weighted by Gasteiger charge is -2.15. The van der Waals surface area contributed by atoms with E-state index >= 15 is 0 Å². The zero-order valence-electron chi connectivity index (χ0n) is 13.1. The van der Waals surface area contributed by atoms with Crippen LogP contribution in [0, 0.1) is 0 Å². The van der Waals surface area contributed by atoms with Crippen molar-refractivity contribution in [3.63, 3.8) is 0 Å². The van der Waals surface area contributed by atoms with E-state index in [1.54, 1.807) is 43.4 Å². The Morgan fingerprint density at radius 2 is 1.79 bits per heavy atom. The van der Waals surface area contributed by atoms with E-state index in [1.807, 2.05) is 0 Å². The van der Waals surface area contributed by atoms with Crippen molar-refractivity contribution >= 4 is 46.5 Å². The highest BCUT2D eigenvalue weighted by Crippen LogP contribution is 2.25. The summed E-state index contributed by atoms with van der Waals surface area (Å²) in [6, 6.07) is 11.6. The number of carbonyl (C=O) groups is 2. The highest BCUT2D eigenvalue weighted by molar-refractivity contribution is 6.36. The summed E-state index contributed by atoms with van der Waals surface area (Å²) in [6.45, 7) is 1.49. The van der Waals surface area contributed by atoms with Crippen molar-refractivity contribution in [3.8, 4) is 0 Å². The molecule has 0 saturated carbocycles. The standard InChI is InChI=1S/C17H16Cl2N2O3/c1-10(16(22)21-15-8-7-11(18)9-13(15)19)24-17(23)12-5-3-4-6-14(12)20-2/h3-10,20H,1-2H3,(H,21,22)/t10-/m0/s1. The van der Waals surface area contributed by atoms with Crippen molar-refractivity contribution in [3.05, 3.63) is 58.1 Å². The second kappa shape index (κ2) is 8.04. The summed E-state index contributed by atoms with van der Waals surface area (Å²) >= 11 is 11.8. The highest BCUT2D eigenvalue weighted by Gasteiger charge is 2.21. The van der Waals surface area contributed by atoms with Gasteiger partial charge in [0.2, 0.25) is 0 Å². The number of nitrogens with one attached hydrogen (secondary N) is 2. The molecular weight excluding hydrogens is 351 g/mol. The van der Waals surface area contributed by atoms with E-state index in [-0.39, 0.29) is 0 Å². The average molecular weight is 367 g/mol. The number of rotatable bonds is 5. The van der Waals surface area contributed by atoms with Crippen molar-refractivity contribution in [1.82, 2.24) is 0 Å². The Balaban J connectivity index is 2.04. The molecule has 0 spiro atoms. The number of hydrogen-bond acceptors (Lipinski definition) is 4. The topological polar surface area (TPSA) is 67.4 Å². The SMILES string of the molecule is CNc1ccccc1C(=O)O[C@@H](C)C(=O)Nc1ccc(Cl)cc1Cl. The first-order chi connectivity index (χ1) is 11.4. The van der Waals surface area contributed by atoms with E-state index in [0.717, 1.165) is 0 Å². The van der Waals surface area contributed by atoms with Gasteiger partial charge in [0.25, 0.3) is 5.91 Å². The third kappa shape index (κ3) is 4.40. The largest absolute Gasteiger partial charge is 0.449 e. The molecule has 2 aromatic carbocycles. The van der Waals surface area contributed by atoms with Crippen LogP contribution in [0.3, 0.4) is 0 Å². The molecule has 2 rings (SSSR count). The van der Waals surface area contributed by atoms with Crippen molar-refractivity contribution < 1.29 is 14.3 Å². The summed E-state index contributed by atoms with van der Waals surface area (Å²) in [5, 5.41) is 6.26. The van der Waals surface area contributed by atoms with E-state index in [9.17, 15) is 9.59 Å². The Morgan fingerprint density at radius 1 is 1.08 bits per heavy atom. The first-order valence-corrected chi connectivity index (χ1v) is 7.91. The zero-order chi connectivity index (χ0) is 17.7. The van der Waals surface area contributed by atoms with Crippen molar-refractivity contribution in [2.45, 2.75) is 13.0 Å². The summed E-state index contributed by atoms with van der Waals surface area (Å²) < 4.78 is 5.22. The van der Waals surface area contributed by atoms with Crippen LogP contribution in [0.4, 0.5) is 11.4 Å². The lowest BCUT2D eigenvalue weighted by Crippen LogP contribution is -2.30. The fraction of sp³-hybridized carbons (Fsp3) is 0.176. The number of hydrogen-bond donors (Lipinski definition) is 2. The number of para-hydroxylation sites is 1. The van der Waals surface area contributed by atoms with Gasteiger partial charge in [-0.3, -0.25) is 4.79 Å². The number of benzene rings is 2. The van der Waals surface area contributed by atoms with Gasteiger partial charge in [-0.15, -0.1) is 0 Å². The van der Waals surface area contributed by atoms with Gasteiger partial charge in [-0.2, -0.15) is 0 Å². The van der Waals surface area contributed by atoms with E-state index in [2.05, 4.69) is 10.6 Å². The molecule has 0 heterocycles. The second-order valence-electron chi connectivity index (χ2n) is 4.96. The zero-order valence-corrected chi connectivity index (χ0v) is 14.6. The van der Waals surface area contributed by atoms with Crippen LogP contribution < -0.4 is 10.6 Å². The number of ether oxygens (including phenoxy) is 1. The van der Waals surface area contributed by atoms with Crippen LogP contribution in [0.2, 0.25) is 10.0 Å². The Bertz CT molecular complexity index is 765. The summed E-state index contributed by atoms with van der Waals surface area (Å²) in [5.74, 6) is -1.08. The van der Waals surface area contributed by atoms with Gasteiger partial charge in [-0.1, -0.05) is 35.3 Å². The van der Waals surface area contributed by atoms with Gasteiger partial charge in [-0.05, 0) is 37.3 Å². The predicted octanol–water partition coefficient (Wildman–Crippen LogP) is 4.22. The third-order valence-corrected chi connectivity index (χ3v) is 3.81. The summed E-state index contributed by atoms with van der Waals surface area (Å²) in [4.78, 5) is 24.4. The van der Waals surface area contributed by atoms with Crippen LogP contribution in [0.5, 0.6) is 0 Å². The number of amides is 1. The van der Waals surface area contributed by atoms with Gasteiger partial charge in [-0.25, -0.2) is 4.79 Å². The normalized spacial score (nSPS) is 11.5. The maximum atomic E-state index is 12.2. The van der Waals surface area contributed by atoms with Crippen LogP contribution in [0.25, 0.3) is 0 Å². The van der Waals surface area contributed by atoms with Crippen LogP contribution >= 0.6 is 23.2 Å². The molecule has 0 aliphatic rings. The van der Waals surface area contributed by atoms with Gasteiger partial charge in [0.05, 0.1) is 16.3 Å². The Labute approximate surface area is 149 Å². The second-order valence-corrected chi connectivity index (χ2v) is 5.80. The molecule has 0 radical (unpaired) electrons. The molecule has 5 nitrogen and oxygen atoms in total. The quantitative estimate of drug-likeness (QED) is 0.777. The Morgan fingerprint density at radius 3 is 2.46 bits per heavy atom. The van der Waals surface area contributed by atoms with Crippen molar-refractivity contribution in [1.29, 1.82) is 0 Å². The first-order valence-electron chi connectivity index (χ1n) is 7.16. The molecule has 0 fully saturated rings. The number of anilines is 2. The fourth-order valence-corrected chi connectivity index (χ4v) is 2.44. The minimum Gasteiger partial charge on any atom is -0.449 e. The molecule has 0 aromatic heterocycles. The number of esters is 1. The molecule has 0 unspecified atom stereocenters. The average Bonchev–Trinajstić information content (AvgIpc) is 2.57. The van der Waals surface area contributed by atoms with E-state index in [4.69, 9.17) is 27.9 Å². The minimum absolute atomic E-state index is 0.301. The van der Waals surface area contributed by atoms with E-state index in [0.29, 0.717) is 27.0 Å². The summed E-state index contributed by atoms with van der Waals surface area (Å²) in [6.07, 6.45) is -0.992. The highest BCUT2D eigenvalue weighted by atomic mass is 35.5. The maximum Gasteiger partial charge on any atom is 0.341 e. The lowest BCUT2D eigenvalue weighted by molar-refractivity contribution is -0.123. The minimum atomic E-state index is -0.992. The molecular formula is C17H16Cl2N2O3. The first kappa shape index (κ1) is 18.1. The predicted molar refractivity (Wildman–Crippen MR) is 96.0 cm³/mol. The molecule has 0 bridgehead atoms. The fourth-order valence-electron chi connectivity index (χ4n) is 1.98. The molecule has 0 saturated heterocycles. The van der Waals surface area contributed by atoms with Crippen LogP contribution in [-0.2, 0) is 9.53 Å². The molecule has 7 heteroatoms. The van der Waals surface area contributed by atoms with Gasteiger partial charge in [0.1, 0.15) is 0 Å². The maximum absolute atomic E-state index is 12.2. The molecule has 0 aliphatic heterocycles. The van der Waals surface area contributed by atoms with Crippen molar-refractivity contribution in [2.24, 2.45) is 0 Å². The molecule has 24 heavy (non-hydrogen) atoms. The van der Waals surface area contributed by atoms with E-state index in [1.165, 1.54) is 13.0 Å². The van der Waals surface area contributed by atoms with Gasteiger partial charge < -0.3 is 15.4 Å².